The van der Waals surface area contributed by atoms with E-state index in [4.69, 9.17) is 4.98 Å². The van der Waals surface area contributed by atoms with E-state index in [0.29, 0.717) is 34.8 Å². The molecule has 9 heteroatoms. The van der Waals surface area contributed by atoms with Crippen molar-refractivity contribution in [3.05, 3.63) is 42.0 Å². The lowest BCUT2D eigenvalue weighted by Gasteiger charge is -2.13. The van der Waals surface area contributed by atoms with Gasteiger partial charge in [-0.2, -0.15) is 5.26 Å². The number of aliphatic hydroxyl groups excluding tert-OH is 2. The van der Waals surface area contributed by atoms with Crippen molar-refractivity contribution < 1.29 is 14.6 Å². The first kappa shape index (κ1) is 19.8. The molecule has 0 aliphatic rings. The number of rotatable bonds is 6. The molecule has 0 aliphatic heterocycles. The van der Waals surface area contributed by atoms with Crippen LogP contribution < -0.4 is 5.32 Å². The molecule has 0 bridgehead atoms. The van der Waals surface area contributed by atoms with Gasteiger partial charge in [0.2, 0.25) is 0 Å². The number of benzene rings is 1. The fourth-order valence-electron chi connectivity index (χ4n) is 3.72. The summed E-state index contributed by atoms with van der Waals surface area (Å²) < 4.78 is 17.9. The lowest BCUT2D eigenvalue weighted by atomic mass is 10.1. The average Bonchev–Trinajstić information content (AvgIpc) is 3.31. The maximum Gasteiger partial charge on any atom is 0.156 e. The molecule has 3 N–H and O–H groups in total. The average molecular weight is 408 g/mol. The minimum atomic E-state index is -0.887. The maximum atomic E-state index is 14.2. The Morgan fingerprint density at radius 1 is 1.30 bits per heavy atom. The maximum absolute atomic E-state index is 14.2. The molecule has 30 heavy (non-hydrogen) atoms. The molecule has 4 aromatic rings. The zero-order chi connectivity index (χ0) is 21.4. The smallest absolute Gasteiger partial charge is 0.156 e. The quantitative estimate of drug-likeness (QED) is 0.452. The minimum Gasteiger partial charge on any atom is -0.394 e. The van der Waals surface area contributed by atoms with E-state index in [1.165, 1.54) is 12.1 Å². The third-order valence-electron chi connectivity index (χ3n) is 5.16. The number of aryl methyl sites for hydroxylation is 2. The van der Waals surface area contributed by atoms with Gasteiger partial charge in [0.25, 0.3) is 0 Å². The molecular weight excluding hydrogens is 387 g/mol. The second-order valence-electron chi connectivity index (χ2n) is 7.15. The van der Waals surface area contributed by atoms with Crippen molar-refractivity contribution >= 4 is 27.9 Å². The van der Waals surface area contributed by atoms with Gasteiger partial charge in [-0.15, -0.1) is 0 Å². The van der Waals surface area contributed by atoms with Crippen LogP contribution in [-0.2, 0) is 13.6 Å². The minimum absolute atomic E-state index is 0.215. The van der Waals surface area contributed by atoms with E-state index >= 15 is 0 Å². The van der Waals surface area contributed by atoms with E-state index in [0.717, 1.165) is 10.9 Å². The van der Waals surface area contributed by atoms with Crippen LogP contribution in [0.2, 0.25) is 0 Å². The SMILES string of the molecule is CNc1nc2c(cc(-c3cc(F)cc(C#N)c3)n2CCC(O)CO)c2c1ncn2C. The van der Waals surface area contributed by atoms with E-state index in [1.807, 2.05) is 28.3 Å². The van der Waals surface area contributed by atoms with Crippen LogP contribution in [-0.4, -0.2) is 49.1 Å². The second-order valence-corrected chi connectivity index (χ2v) is 7.15. The van der Waals surface area contributed by atoms with E-state index in [9.17, 15) is 19.9 Å². The molecule has 0 saturated carbocycles. The Hall–Kier alpha value is -3.48. The summed E-state index contributed by atoms with van der Waals surface area (Å²) in [6.45, 7) is -0.00722. The first-order chi connectivity index (χ1) is 14.5. The van der Waals surface area contributed by atoms with Gasteiger partial charge < -0.3 is 24.7 Å². The van der Waals surface area contributed by atoms with Crippen LogP contribution in [0.4, 0.5) is 10.2 Å². The highest BCUT2D eigenvalue weighted by Gasteiger charge is 2.20. The fourth-order valence-corrected chi connectivity index (χ4v) is 3.72. The first-order valence-electron chi connectivity index (χ1n) is 9.48. The molecule has 0 saturated heterocycles. The Labute approximate surface area is 171 Å². The van der Waals surface area contributed by atoms with Gasteiger partial charge in [-0.3, -0.25) is 0 Å². The van der Waals surface area contributed by atoms with Crippen LogP contribution in [0.15, 0.2) is 30.6 Å². The van der Waals surface area contributed by atoms with Crippen molar-refractivity contribution in [2.24, 2.45) is 7.05 Å². The van der Waals surface area contributed by atoms with Gasteiger partial charge in [0.05, 0.1) is 41.9 Å². The van der Waals surface area contributed by atoms with Gasteiger partial charge in [-0.05, 0) is 30.7 Å². The van der Waals surface area contributed by atoms with Crippen molar-refractivity contribution in [3.63, 3.8) is 0 Å². The summed E-state index contributed by atoms with van der Waals surface area (Å²) in [6.07, 6.45) is 1.10. The molecule has 0 spiro atoms. The number of fused-ring (bicyclic) bond motifs is 3. The molecule has 0 fully saturated rings. The van der Waals surface area contributed by atoms with Gasteiger partial charge in [-0.25, -0.2) is 14.4 Å². The zero-order valence-electron chi connectivity index (χ0n) is 16.6. The topological polar surface area (TPSA) is 112 Å². The monoisotopic (exact) mass is 408 g/mol. The third kappa shape index (κ3) is 3.26. The van der Waals surface area contributed by atoms with Gasteiger partial charge in [0, 0.05) is 31.6 Å². The van der Waals surface area contributed by atoms with E-state index in [2.05, 4.69) is 10.3 Å². The molecule has 0 aliphatic carbocycles. The molecule has 0 amide bonds. The van der Waals surface area contributed by atoms with Crippen LogP contribution in [0.5, 0.6) is 0 Å². The predicted octanol–water partition coefficient (Wildman–Crippen LogP) is 2.39. The lowest BCUT2D eigenvalue weighted by Crippen LogP contribution is -2.15. The van der Waals surface area contributed by atoms with Crippen LogP contribution >= 0.6 is 0 Å². The number of nitrogens with zero attached hydrogens (tertiary/aromatic N) is 5. The Kier molecular flexibility index (Phi) is 5.11. The fraction of sp³-hybridized carbons (Fsp3) is 0.286. The molecule has 3 heterocycles. The van der Waals surface area contributed by atoms with Crippen LogP contribution in [0, 0.1) is 17.1 Å². The van der Waals surface area contributed by atoms with Gasteiger partial charge in [-0.1, -0.05) is 0 Å². The highest BCUT2D eigenvalue weighted by molar-refractivity contribution is 6.07. The summed E-state index contributed by atoms with van der Waals surface area (Å²) in [5.41, 5.74) is 3.62. The number of aliphatic hydroxyl groups is 2. The Bertz CT molecular complexity index is 1290. The summed E-state index contributed by atoms with van der Waals surface area (Å²) in [5.74, 6) is 0.0921. The zero-order valence-corrected chi connectivity index (χ0v) is 16.6. The van der Waals surface area contributed by atoms with E-state index in [1.54, 1.807) is 19.4 Å². The van der Waals surface area contributed by atoms with Crippen molar-refractivity contribution in [1.82, 2.24) is 19.1 Å². The lowest BCUT2D eigenvalue weighted by molar-refractivity contribution is 0.0850. The molecular formula is C21H21FN6O2. The highest BCUT2D eigenvalue weighted by Crippen LogP contribution is 2.35. The number of hydrogen-bond acceptors (Lipinski definition) is 6. The normalized spacial score (nSPS) is 12.4. The summed E-state index contributed by atoms with van der Waals surface area (Å²) in [5, 5.41) is 32.2. The van der Waals surface area contributed by atoms with Gasteiger partial charge in [0.1, 0.15) is 17.0 Å². The van der Waals surface area contributed by atoms with E-state index < -0.39 is 11.9 Å². The summed E-state index contributed by atoms with van der Waals surface area (Å²) in [6, 6.07) is 8.05. The van der Waals surface area contributed by atoms with Crippen molar-refractivity contribution in [1.29, 1.82) is 5.26 Å². The first-order valence-corrected chi connectivity index (χ1v) is 9.48. The van der Waals surface area contributed by atoms with E-state index in [-0.39, 0.29) is 18.6 Å². The molecule has 1 atom stereocenters. The standard InChI is InChI=1S/C21H21FN6O2/c1-24-20-18-19(27(2)11-25-18)16-8-17(13-5-12(9-23)6-14(22)7-13)28(21(16)26-20)4-3-15(30)10-29/h5-8,11,15,29-30H,3-4,10H2,1-2H3,(H,24,26). The summed E-state index contributed by atoms with van der Waals surface area (Å²) >= 11 is 0. The molecule has 1 unspecified atom stereocenters. The molecule has 4 rings (SSSR count). The van der Waals surface area contributed by atoms with Crippen molar-refractivity contribution in [2.45, 2.75) is 19.1 Å². The molecule has 154 valence electrons. The van der Waals surface area contributed by atoms with Gasteiger partial charge >= 0.3 is 0 Å². The molecule has 3 aromatic heterocycles. The second kappa shape index (κ2) is 7.74. The van der Waals surface area contributed by atoms with Crippen LogP contribution in [0.3, 0.4) is 0 Å². The highest BCUT2D eigenvalue weighted by atomic mass is 19.1. The number of anilines is 1. The predicted molar refractivity (Wildman–Crippen MR) is 111 cm³/mol. The Morgan fingerprint density at radius 3 is 2.80 bits per heavy atom. The summed E-state index contributed by atoms with van der Waals surface area (Å²) in [4.78, 5) is 9.16. The van der Waals surface area contributed by atoms with Crippen LogP contribution in [0.25, 0.3) is 33.3 Å². The van der Waals surface area contributed by atoms with Gasteiger partial charge in [0.15, 0.2) is 5.82 Å². The van der Waals surface area contributed by atoms with Crippen molar-refractivity contribution in [2.75, 3.05) is 19.0 Å². The Morgan fingerprint density at radius 2 is 2.10 bits per heavy atom. The molecule has 0 radical (unpaired) electrons. The largest absolute Gasteiger partial charge is 0.394 e. The molecule has 1 aromatic carbocycles. The number of nitrogens with one attached hydrogen (secondary N) is 1. The molecule has 8 nitrogen and oxygen atoms in total. The number of aromatic nitrogens is 4. The number of pyridine rings is 1. The third-order valence-corrected chi connectivity index (χ3v) is 5.16. The number of nitriles is 1. The van der Waals surface area contributed by atoms with Crippen molar-refractivity contribution in [3.8, 4) is 17.3 Å². The number of imidazole rings is 1. The Balaban J connectivity index is 2.03. The summed E-state index contributed by atoms with van der Waals surface area (Å²) in [7, 11) is 3.65. The van der Waals surface area contributed by atoms with Crippen LogP contribution in [0.1, 0.15) is 12.0 Å². The number of halogens is 1. The number of hydrogen-bond donors (Lipinski definition) is 3.